The van der Waals surface area contributed by atoms with Gasteiger partial charge < -0.3 is 14.6 Å². The number of morpholine rings is 1. The highest BCUT2D eigenvalue weighted by Gasteiger charge is 2.40. The minimum atomic E-state index is -0.937. The van der Waals surface area contributed by atoms with Gasteiger partial charge in [-0.2, -0.15) is 0 Å². The first-order valence-corrected chi connectivity index (χ1v) is 13.5. The van der Waals surface area contributed by atoms with Gasteiger partial charge in [-0.1, -0.05) is 94.8 Å². The van der Waals surface area contributed by atoms with Crippen molar-refractivity contribution in [2.75, 3.05) is 39.5 Å². The van der Waals surface area contributed by atoms with E-state index >= 15 is 0 Å². The summed E-state index contributed by atoms with van der Waals surface area (Å²) in [4.78, 5) is 2.45. The minimum absolute atomic E-state index is 0.00941. The summed E-state index contributed by atoms with van der Waals surface area (Å²) in [5.41, 5.74) is 1.26. The van der Waals surface area contributed by atoms with Crippen LogP contribution in [0.1, 0.15) is 82.3 Å². The van der Waals surface area contributed by atoms with Gasteiger partial charge in [0.25, 0.3) is 0 Å². The fourth-order valence-electron chi connectivity index (χ4n) is 4.95. The van der Waals surface area contributed by atoms with Crippen molar-refractivity contribution >= 4 is 0 Å². The highest BCUT2D eigenvalue weighted by Crippen LogP contribution is 2.42. The second kappa shape index (κ2) is 14.5. The standard InChI is InChI=1S/C30H45NO3/c1-3-5-7-8-12-19-30(32,27-15-17-28(18-16-27)34-22-6-4-2)29(26-13-10-9-11-14-26)25-31-20-23-33-24-21-31/h9-11,13-18,29,32H,3-8,12,19-25H2,1-2H3/t29-,30+/m0/s1. The van der Waals surface area contributed by atoms with Crippen LogP contribution in [-0.4, -0.2) is 49.5 Å². The molecule has 1 aliphatic heterocycles. The van der Waals surface area contributed by atoms with Crippen LogP contribution in [0, 0.1) is 0 Å². The van der Waals surface area contributed by atoms with E-state index in [2.05, 4.69) is 61.2 Å². The predicted molar refractivity (Wildman–Crippen MR) is 141 cm³/mol. The molecule has 1 heterocycles. The Morgan fingerprint density at radius 1 is 0.882 bits per heavy atom. The number of benzene rings is 2. The first-order valence-electron chi connectivity index (χ1n) is 13.5. The van der Waals surface area contributed by atoms with Gasteiger partial charge in [0, 0.05) is 25.6 Å². The lowest BCUT2D eigenvalue weighted by Gasteiger charge is -2.41. The van der Waals surface area contributed by atoms with Crippen LogP contribution in [0.4, 0.5) is 0 Å². The van der Waals surface area contributed by atoms with Crippen molar-refractivity contribution < 1.29 is 14.6 Å². The number of aliphatic hydroxyl groups is 1. The van der Waals surface area contributed by atoms with Gasteiger partial charge in [0.1, 0.15) is 5.75 Å². The van der Waals surface area contributed by atoms with E-state index in [-0.39, 0.29) is 5.92 Å². The molecule has 188 valence electrons. The Morgan fingerprint density at radius 2 is 1.56 bits per heavy atom. The lowest BCUT2D eigenvalue weighted by atomic mass is 9.73. The van der Waals surface area contributed by atoms with Crippen molar-refractivity contribution in [2.45, 2.75) is 76.7 Å². The van der Waals surface area contributed by atoms with E-state index < -0.39 is 5.60 Å². The Kier molecular flexibility index (Phi) is 11.4. The molecule has 0 unspecified atom stereocenters. The number of hydrogen-bond donors (Lipinski definition) is 1. The molecule has 0 aliphatic carbocycles. The van der Waals surface area contributed by atoms with Crippen molar-refractivity contribution in [3.05, 3.63) is 65.7 Å². The maximum Gasteiger partial charge on any atom is 0.119 e. The minimum Gasteiger partial charge on any atom is -0.494 e. The Morgan fingerprint density at radius 3 is 2.24 bits per heavy atom. The normalized spacial score (nSPS) is 17.3. The third kappa shape index (κ3) is 7.83. The van der Waals surface area contributed by atoms with Crippen LogP contribution in [0.2, 0.25) is 0 Å². The number of unbranched alkanes of at least 4 members (excludes halogenated alkanes) is 5. The summed E-state index contributed by atoms with van der Waals surface area (Å²) in [5.74, 6) is 0.872. The molecule has 1 N–H and O–H groups in total. The Labute approximate surface area is 207 Å². The van der Waals surface area contributed by atoms with E-state index in [0.29, 0.717) is 0 Å². The lowest BCUT2D eigenvalue weighted by Crippen LogP contribution is -2.45. The first kappa shape index (κ1) is 26.7. The quantitative estimate of drug-likeness (QED) is 0.302. The number of hydrogen-bond acceptors (Lipinski definition) is 4. The molecule has 1 fully saturated rings. The smallest absolute Gasteiger partial charge is 0.119 e. The monoisotopic (exact) mass is 467 g/mol. The molecule has 0 aromatic heterocycles. The third-order valence-electron chi connectivity index (χ3n) is 7.11. The molecule has 0 spiro atoms. The van der Waals surface area contributed by atoms with E-state index in [1.165, 1.54) is 24.8 Å². The number of ether oxygens (including phenoxy) is 2. The van der Waals surface area contributed by atoms with Gasteiger partial charge in [0.05, 0.1) is 25.4 Å². The van der Waals surface area contributed by atoms with E-state index in [9.17, 15) is 5.11 Å². The number of rotatable bonds is 15. The molecule has 0 saturated carbocycles. The molecule has 1 saturated heterocycles. The van der Waals surface area contributed by atoms with E-state index in [1.54, 1.807) is 0 Å². The van der Waals surface area contributed by atoms with Gasteiger partial charge in [-0.3, -0.25) is 4.90 Å². The third-order valence-corrected chi connectivity index (χ3v) is 7.11. The maximum atomic E-state index is 12.5. The van der Waals surface area contributed by atoms with Crippen LogP contribution in [0.3, 0.4) is 0 Å². The second-order valence-electron chi connectivity index (χ2n) is 9.69. The van der Waals surface area contributed by atoms with Crippen LogP contribution in [0.25, 0.3) is 0 Å². The molecule has 4 heteroatoms. The molecule has 1 aliphatic rings. The molecule has 0 radical (unpaired) electrons. The van der Waals surface area contributed by atoms with E-state index in [1.807, 2.05) is 12.1 Å². The molecule has 0 bridgehead atoms. The summed E-state index contributed by atoms with van der Waals surface area (Å²) in [5, 5.41) is 12.5. The highest BCUT2D eigenvalue weighted by molar-refractivity contribution is 5.35. The lowest BCUT2D eigenvalue weighted by molar-refractivity contribution is -0.0296. The fourth-order valence-corrected chi connectivity index (χ4v) is 4.95. The van der Waals surface area contributed by atoms with Gasteiger partial charge in [-0.25, -0.2) is 0 Å². The molecule has 2 aromatic carbocycles. The van der Waals surface area contributed by atoms with Gasteiger partial charge in [0.15, 0.2) is 0 Å². The number of nitrogens with zero attached hydrogens (tertiary/aromatic N) is 1. The zero-order chi connectivity index (χ0) is 24.1. The van der Waals surface area contributed by atoms with Crippen molar-refractivity contribution in [1.82, 2.24) is 4.90 Å². The Bertz CT molecular complexity index is 788. The highest BCUT2D eigenvalue weighted by atomic mass is 16.5. The second-order valence-corrected chi connectivity index (χ2v) is 9.69. The van der Waals surface area contributed by atoms with Gasteiger partial charge in [-0.05, 0) is 36.1 Å². The molecular formula is C30H45NO3. The summed E-state index contributed by atoms with van der Waals surface area (Å²) < 4.78 is 11.5. The summed E-state index contributed by atoms with van der Waals surface area (Å²) in [7, 11) is 0. The molecule has 34 heavy (non-hydrogen) atoms. The molecule has 2 atom stereocenters. The fraction of sp³-hybridized carbons (Fsp3) is 0.600. The zero-order valence-corrected chi connectivity index (χ0v) is 21.4. The Balaban J connectivity index is 1.88. The van der Waals surface area contributed by atoms with Crippen molar-refractivity contribution in [3.63, 3.8) is 0 Å². The Hall–Kier alpha value is -1.88. The molecule has 4 nitrogen and oxygen atoms in total. The van der Waals surface area contributed by atoms with Crippen LogP contribution in [0.15, 0.2) is 54.6 Å². The average Bonchev–Trinajstić information content (AvgIpc) is 2.89. The predicted octanol–water partition coefficient (Wildman–Crippen LogP) is 6.53. The van der Waals surface area contributed by atoms with Gasteiger partial charge in [-0.15, -0.1) is 0 Å². The van der Waals surface area contributed by atoms with E-state index in [0.717, 1.165) is 82.9 Å². The van der Waals surface area contributed by atoms with Gasteiger partial charge in [0.2, 0.25) is 0 Å². The van der Waals surface area contributed by atoms with E-state index in [4.69, 9.17) is 9.47 Å². The van der Waals surface area contributed by atoms with Crippen LogP contribution in [0.5, 0.6) is 5.75 Å². The van der Waals surface area contributed by atoms with Crippen molar-refractivity contribution in [3.8, 4) is 5.75 Å². The molecule has 3 rings (SSSR count). The van der Waals surface area contributed by atoms with Crippen molar-refractivity contribution in [2.24, 2.45) is 0 Å². The average molecular weight is 468 g/mol. The van der Waals surface area contributed by atoms with Crippen LogP contribution >= 0.6 is 0 Å². The van der Waals surface area contributed by atoms with Crippen LogP contribution < -0.4 is 4.74 Å². The SMILES string of the molecule is CCCCCCC[C@@](O)(c1ccc(OCCCC)cc1)[C@@H](CN1CCOCC1)c1ccccc1. The van der Waals surface area contributed by atoms with Crippen LogP contribution in [-0.2, 0) is 10.3 Å². The van der Waals surface area contributed by atoms with Crippen molar-refractivity contribution in [1.29, 1.82) is 0 Å². The largest absolute Gasteiger partial charge is 0.494 e. The maximum absolute atomic E-state index is 12.5. The zero-order valence-electron chi connectivity index (χ0n) is 21.4. The summed E-state index contributed by atoms with van der Waals surface area (Å²) in [6, 6.07) is 18.8. The first-order chi connectivity index (χ1) is 16.7. The molecule has 0 amide bonds. The molecular weight excluding hydrogens is 422 g/mol. The molecule has 2 aromatic rings. The summed E-state index contributed by atoms with van der Waals surface area (Å²) in [6.45, 7) is 9.34. The summed E-state index contributed by atoms with van der Waals surface area (Å²) in [6.07, 6.45) is 8.85. The summed E-state index contributed by atoms with van der Waals surface area (Å²) >= 11 is 0. The van der Waals surface area contributed by atoms with Gasteiger partial charge >= 0.3 is 0 Å². The topological polar surface area (TPSA) is 41.9 Å².